The largest absolute Gasteiger partial charge is 0.327 e. The van der Waals surface area contributed by atoms with E-state index in [0.717, 1.165) is 42.5 Å². The molecule has 2 amide bonds. The van der Waals surface area contributed by atoms with Gasteiger partial charge in [0.05, 0.1) is 11.5 Å². The van der Waals surface area contributed by atoms with Crippen molar-refractivity contribution in [2.24, 2.45) is 0 Å². The van der Waals surface area contributed by atoms with Crippen molar-refractivity contribution in [1.82, 2.24) is 9.88 Å². The molecule has 1 aliphatic heterocycles. The number of nitrogens with one attached hydrogen (secondary N) is 1. The Morgan fingerprint density at radius 2 is 1.65 bits per heavy atom. The molecule has 1 aliphatic carbocycles. The van der Waals surface area contributed by atoms with Gasteiger partial charge in [0.2, 0.25) is 5.91 Å². The van der Waals surface area contributed by atoms with Crippen molar-refractivity contribution in [2.45, 2.75) is 43.7 Å². The summed E-state index contributed by atoms with van der Waals surface area (Å²) < 4.78 is 0. The Morgan fingerprint density at radius 1 is 0.968 bits per heavy atom. The fourth-order valence-corrected chi connectivity index (χ4v) is 5.31. The second-order valence-electron chi connectivity index (χ2n) is 8.43. The van der Waals surface area contributed by atoms with Crippen molar-refractivity contribution < 1.29 is 9.59 Å². The van der Waals surface area contributed by atoms with E-state index in [-0.39, 0.29) is 11.8 Å². The van der Waals surface area contributed by atoms with Gasteiger partial charge in [-0.1, -0.05) is 61.4 Å². The van der Waals surface area contributed by atoms with Gasteiger partial charge in [-0.25, -0.2) is 0 Å². The van der Waals surface area contributed by atoms with Gasteiger partial charge in [0.25, 0.3) is 5.91 Å². The number of carbonyl (C=O) groups is 2. The topological polar surface area (TPSA) is 62.3 Å². The lowest BCUT2D eigenvalue weighted by atomic mass is 9.71. The van der Waals surface area contributed by atoms with Crippen LogP contribution in [0.1, 0.15) is 53.1 Å². The molecule has 0 radical (unpaired) electrons. The molecule has 5 rings (SSSR count). The summed E-state index contributed by atoms with van der Waals surface area (Å²) in [5.74, 6) is -0.457. The molecule has 2 aliphatic rings. The molecule has 2 aromatic carbocycles. The average Bonchev–Trinajstić information content (AvgIpc) is 3.28. The molecule has 1 atom stereocenters. The van der Waals surface area contributed by atoms with Crippen LogP contribution in [0.5, 0.6) is 0 Å². The van der Waals surface area contributed by atoms with Gasteiger partial charge in [0.15, 0.2) is 0 Å². The van der Waals surface area contributed by atoms with E-state index in [1.54, 1.807) is 24.5 Å². The highest BCUT2D eigenvalue weighted by Gasteiger charge is 2.55. The lowest BCUT2D eigenvalue weighted by Crippen LogP contribution is -2.59. The average molecular weight is 412 g/mol. The summed E-state index contributed by atoms with van der Waals surface area (Å²) in [6.45, 7) is 0.507. The maximum Gasteiger partial charge on any atom is 0.254 e. The Labute approximate surface area is 182 Å². The summed E-state index contributed by atoms with van der Waals surface area (Å²) in [5, 5.41) is 3.09. The Balaban J connectivity index is 1.61. The van der Waals surface area contributed by atoms with Crippen LogP contribution in [-0.2, 0) is 11.3 Å². The van der Waals surface area contributed by atoms with Gasteiger partial charge in [-0.05, 0) is 42.2 Å². The van der Waals surface area contributed by atoms with Crippen molar-refractivity contribution in [2.75, 3.05) is 5.32 Å². The molecule has 0 bridgehead atoms. The van der Waals surface area contributed by atoms with Crippen LogP contribution < -0.4 is 5.32 Å². The van der Waals surface area contributed by atoms with E-state index in [4.69, 9.17) is 0 Å². The van der Waals surface area contributed by atoms with E-state index in [0.29, 0.717) is 12.1 Å². The molecule has 1 saturated carbocycles. The van der Waals surface area contributed by atoms with E-state index in [1.807, 2.05) is 59.5 Å². The molecule has 1 spiro atoms. The van der Waals surface area contributed by atoms with Crippen LogP contribution in [-0.4, -0.2) is 27.2 Å². The van der Waals surface area contributed by atoms with Crippen molar-refractivity contribution in [3.05, 3.63) is 95.8 Å². The van der Waals surface area contributed by atoms with Crippen molar-refractivity contribution >= 4 is 17.5 Å². The van der Waals surface area contributed by atoms with Gasteiger partial charge in [-0.15, -0.1) is 0 Å². The third kappa shape index (κ3) is 3.40. The van der Waals surface area contributed by atoms with Crippen LogP contribution in [0.4, 0.5) is 5.69 Å². The Bertz CT molecular complexity index is 1090. The summed E-state index contributed by atoms with van der Waals surface area (Å²) in [4.78, 5) is 33.4. The van der Waals surface area contributed by atoms with Gasteiger partial charge in [-0.2, -0.15) is 0 Å². The number of aromatic nitrogens is 1. The van der Waals surface area contributed by atoms with E-state index < -0.39 is 11.5 Å². The monoisotopic (exact) mass is 411 g/mol. The number of rotatable bonds is 4. The first-order chi connectivity index (χ1) is 15.2. The molecule has 5 heteroatoms. The molecule has 1 N–H and O–H groups in total. The quantitative estimate of drug-likeness (QED) is 0.672. The second kappa shape index (κ2) is 7.99. The molecule has 3 aromatic rings. The Kier molecular flexibility index (Phi) is 5.02. The minimum absolute atomic E-state index is 0.0225. The number of fused-ring (bicyclic) bond motifs is 1. The molecular weight excluding hydrogens is 386 g/mol. The van der Waals surface area contributed by atoms with Crippen LogP contribution in [0.2, 0.25) is 0 Å². The van der Waals surface area contributed by atoms with E-state index in [2.05, 4.69) is 10.3 Å². The van der Waals surface area contributed by atoms with Crippen LogP contribution in [0.15, 0.2) is 79.1 Å². The molecule has 1 fully saturated rings. The first kappa shape index (κ1) is 19.5. The molecule has 31 heavy (non-hydrogen) atoms. The number of hydrogen-bond donors (Lipinski definition) is 1. The zero-order valence-corrected chi connectivity index (χ0v) is 17.3. The van der Waals surface area contributed by atoms with E-state index in [1.165, 1.54) is 0 Å². The zero-order chi connectivity index (χ0) is 21.3. The Hall–Kier alpha value is -3.47. The van der Waals surface area contributed by atoms with Gasteiger partial charge in [-0.3, -0.25) is 14.6 Å². The fourth-order valence-electron chi connectivity index (χ4n) is 5.31. The number of benzene rings is 2. The Morgan fingerprint density at radius 3 is 2.39 bits per heavy atom. The van der Waals surface area contributed by atoms with Gasteiger partial charge >= 0.3 is 0 Å². The SMILES string of the molecule is O=C(Nc1ccncc1)C1c2ccccc2C(=O)N(Cc2ccccc2)C12CCCC2. The number of pyridine rings is 1. The van der Waals surface area contributed by atoms with Crippen LogP contribution >= 0.6 is 0 Å². The number of carbonyl (C=O) groups excluding carboxylic acids is 2. The number of amides is 2. The van der Waals surface area contributed by atoms with Crippen LogP contribution in [0.25, 0.3) is 0 Å². The summed E-state index contributed by atoms with van der Waals surface area (Å²) in [6, 6.07) is 21.2. The summed E-state index contributed by atoms with van der Waals surface area (Å²) >= 11 is 0. The fraction of sp³-hybridized carbons (Fsp3) is 0.269. The molecule has 5 nitrogen and oxygen atoms in total. The molecular formula is C26H25N3O2. The summed E-state index contributed by atoms with van der Waals surface area (Å²) in [7, 11) is 0. The highest BCUT2D eigenvalue weighted by atomic mass is 16.2. The molecule has 1 aromatic heterocycles. The lowest BCUT2D eigenvalue weighted by Gasteiger charge is -2.50. The molecule has 156 valence electrons. The summed E-state index contributed by atoms with van der Waals surface area (Å²) in [6.07, 6.45) is 7.02. The van der Waals surface area contributed by atoms with E-state index in [9.17, 15) is 9.59 Å². The van der Waals surface area contributed by atoms with Crippen molar-refractivity contribution in [3.63, 3.8) is 0 Å². The highest BCUT2D eigenvalue weighted by molar-refractivity contribution is 6.05. The predicted octanol–water partition coefficient (Wildman–Crippen LogP) is 4.77. The minimum atomic E-state index is -0.515. The number of hydrogen-bond acceptors (Lipinski definition) is 3. The maximum atomic E-state index is 13.7. The minimum Gasteiger partial charge on any atom is -0.327 e. The maximum absolute atomic E-state index is 13.7. The number of nitrogens with zero attached hydrogens (tertiary/aromatic N) is 2. The van der Waals surface area contributed by atoms with Crippen molar-refractivity contribution in [1.29, 1.82) is 0 Å². The molecule has 2 heterocycles. The van der Waals surface area contributed by atoms with Gasteiger partial charge < -0.3 is 10.2 Å². The first-order valence-electron chi connectivity index (χ1n) is 10.8. The second-order valence-corrected chi connectivity index (χ2v) is 8.43. The van der Waals surface area contributed by atoms with E-state index >= 15 is 0 Å². The summed E-state index contributed by atoms with van der Waals surface area (Å²) in [5.41, 5.74) is 2.75. The third-order valence-electron chi connectivity index (χ3n) is 6.69. The van der Waals surface area contributed by atoms with Crippen LogP contribution in [0.3, 0.4) is 0 Å². The lowest BCUT2D eigenvalue weighted by molar-refractivity contribution is -0.121. The smallest absolute Gasteiger partial charge is 0.254 e. The van der Waals surface area contributed by atoms with Crippen LogP contribution in [0, 0.1) is 0 Å². The standard InChI is InChI=1S/C26H25N3O2/c30-24(28-20-12-16-27-17-13-20)23-21-10-4-5-11-22(21)25(31)29(26(23)14-6-7-15-26)18-19-8-2-1-3-9-19/h1-5,8-13,16-17,23H,6-7,14-15,18H2,(H,27,28,30). The van der Waals surface area contributed by atoms with Crippen molar-refractivity contribution in [3.8, 4) is 0 Å². The highest BCUT2D eigenvalue weighted by Crippen LogP contribution is 2.51. The zero-order valence-electron chi connectivity index (χ0n) is 17.3. The van der Waals surface area contributed by atoms with Gasteiger partial charge in [0, 0.05) is 30.2 Å². The predicted molar refractivity (Wildman–Crippen MR) is 120 cm³/mol. The van der Waals surface area contributed by atoms with Gasteiger partial charge in [0.1, 0.15) is 0 Å². The third-order valence-corrected chi connectivity index (χ3v) is 6.69. The number of anilines is 1. The molecule has 1 unspecified atom stereocenters. The first-order valence-corrected chi connectivity index (χ1v) is 10.8. The normalized spacial score (nSPS) is 19.3. The molecule has 0 saturated heterocycles.